The van der Waals surface area contributed by atoms with Crippen LogP contribution in [-0.4, -0.2) is 26.5 Å². The molecular weight excluding hydrogens is 236 g/mol. The molecule has 0 aliphatic carbocycles. The van der Waals surface area contributed by atoms with E-state index in [1.807, 2.05) is 0 Å². The first-order valence-electron chi connectivity index (χ1n) is 4.83. The largest absolute Gasteiger partial charge is 0.384 e. The maximum absolute atomic E-state index is 12.8. The van der Waals surface area contributed by atoms with Gasteiger partial charge in [0.15, 0.2) is 9.84 Å². The lowest BCUT2D eigenvalue weighted by atomic mass is 10.3. The summed E-state index contributed by atoms with van der Waals surface area (Å²) in [6.07, 6.45) is 0. The zero-order chi connectivity index (χ0) is 12.2. The smallest absolute Gasteiger partial charge is 0.151 e. The van der Waals surface area contributed by atoms with Crippen molar-refractivity contribution in [2.24, 2.45) is 0 Å². The van der Waals surface area contributed by atoms with E-state index < -0.39 is 21.5 Å². The van der Waals surface area contributed by atoms with Gasteiger partial charge in [-0.3, -0.25) is 0 Å². The fraction of sp³-hybridized carbons (Fsp3) is 0.400. The van der Waals surface area contributed by atoms with Gasteiger partial charge >= 0.3 is 0 Å². The molecule has 0 atom stereocenters. The zero-order valence-corrected chi connectivity index (χ0v) is 9.65. The summed E-state index contributed by atoms with van der Waals surface area (Å²) in [6, 6.07) is 2.98. The van der Waals surface area contributed by atoms with Gasteiger partial charge < -0.3 is 5.32 Å². The van der Waals surface area contributed by atoms with Gasteiger partial charge in [-0.15, -0.1) is 0 Å². The Kier molecular flexibility index (Phi) is 4.23. The predicted molar refractivity (Wildman–Crippen MR) is 59.2 cm³/mol. The highest BCUT2D eigenvalue weighted by Gasteiger charge is 2.07. The molecule has 1 aromatic carbocycles. The Morgan fingerprint density at radius 1 is 1.19 bits per heavy atom. The van der Waals surface area contributed by atoms with Gasteiger partial charge in [-0.2, -0.15) is 0 Å². The van der Waals surface area contributed by atoms with Gasteiger partial charge in [0.25, 0.3) is 0 Å². The molecule has 0 aliphatic heterocycles. The molecule has 6 heteroatoms. The predicted octanol–water partition coefficient (Wildman–Crippen LogP) is 1.81. The molecule has 16 heavy (non-hydrogen) atoms. The van der Waals surface area contributed by atoms with Gasteiger partial charge in [-0.1, -0.05) is 6.92 Å². The first-order chi connectivity index (χ1) is 7.43. The highest BCUT2D eigenvalue weighted by atomic mass is 32.2. The van der Waals surface area contributed by atoms with Crippen molar-refractivity contribution in [3.63, 3.8) is 0 Å². The summed E-state index contributed by atoms with van der Waals surface area (Å²) in [7, 11) is -3.06. The summed E-state index contributed by atoms with van der Waals surface area (Å²) < 4.78 is 47.8. The molecule has 0 aliphatic rings. The van der Waals surface area contributed by atoms with Crippen molar-refractivity contribution in [1.82, 2.24) is 0 Å². The maximum atomic E-state index is 12.8. The van der Waals surface area contributed by atoms with E-state index in [9.17, 15) is 17.2 Å². The number of hydrogen-bond acceptors (Lipinski definition) is 3. The van der Waals surface area contributed by atoms with E-state index in [1.54, 1.807) is 6.92 Å². The number of rotatable bonds is 5. The topological polar surface area (TPSA) is 46.2 Å². The van der Waals surface area contributed by atoms with Crippen LogP contribution in [0, 0.1) is 11.6 Å². The van der Waals surface area contributed by atoms with Crippen LogP contribution in [0.15, 0.2) is 18.2 Å². The molecule has 0 amide bonds. The molecule has 3 nitrogen and oxygen atoms in total. The Balaban J connectivity index is 2.55. The molecule has 90 valence electrons. The van der Waals surface area contributed by atoms with Gasteiger partial charge in [0, 0.05) is 24.1 Å². The third-order valence-electron chi connectivity index (χ3n) is 2.04. The molecule has 0 aromatic heterocycles. The summed E-state index contributed by atoms with van der Waals surface area (Å²) in [5.41, 5.74) is 0.240. The van der Waals surface area contributed by atoms with Crippen LogP contribution >= 0.6 is 0 Å². The molecule has 1 N–H and O–H groups in total. The highest BCUT2D eigenvalue weighted by molar-refractivity contribution is 7.91. The van der Waals surface area contributed by atoms with Crippen LogP contribution in [0.25, 0.3) is 0 Å². The monoisotopic (exact) mass is 249 g/mol. The lowest BCUT2D eigenvalue weighted by molar-refractivity contribution is 0.584. The highest BCUT2D eigenvalue weighted by Crippen LogP contribution is 2.12. The minimum atomic E-state index is -3.06. The van der Waals surface area contributed by atoms with E-state index in [0.717, 1.165) is 18.2 Å². The van der Waals surface area contributed by atoms with Crippen LogP contribution in [0.5, 0.6) is 0 Å². The van der Waals surface area contributed by atoms with E-state index in [-0.39, 0.29) is 23.7 Å². The Bertz CT molecular complexity index is 440. The van der Waals surface area contributed by atoms with Gasteiger partial charge in [0.1, 0.15) is 11.6 Å². The molecule has 0 saturated heterocycles. The van der Waals surface area contributed by atoms with Crippen LogP contribution in [0.1, 0.15) is 6.92 Å². The number of nitrogens with one attached hydrogen (secondary N) is 1. The Morgan fingerprint density at radius 3 is 2.25 bits per heavy atom. The van der Waals surface area contributed by atoms with Crippen molar-refractivity contribution >= 4 is 15.5 Å². The molecule has 0 fully saturated rings. The molecule has 1 aromatic rings. The Labute approximate surface area is 93.4 Å². The maximum Gasteiger partial charge on any atom is 0.151 e. The molecule has 1 rings (SSSR count). The molecular formula is C10H13F2NO2S. The second-order valence-electron chi connectivity index (χ2n) is 3.32. The summed E-state index contributed by atoms with van der Waals surface area (Å²) in [5.74, 6) is -1.38. The van der Waals surface area contributed by atoms with Gasteiger partial charge in [-0.25, -0.2) is 17.2 Å². The van der Waals surface area contributed by atoms with Crippen molar-refractivity contribution in [2.45, 2.75) is 6.92 Å². The van der Waals surface area contributed by atoms with E-state index >= 15 is 0 Å². The first kappa shape index (κ1) is 12.9. The van der Waals surface area contributed by atoms with Crippen LogP contribution in [0.2, 0.25) is 0 Å². The fourth-order valence-electron chi connectivity index (χ4n) is 1.15. The van der Waals surface area contributed by atoms with Crippen molar-refractivity contribution in [1.29, 1.82) is 0 Å². The summed E-state index contributed by atoms with van der Waals surface area (Å²) in [4.78, 5) is 0. The van der Waals surface area contributed by atoms with Crippen LogP contribution in [-0.2, 0) is 9.84 Å². The van der Waals surface area contributed by atoms with E-state index in [2.05, 4.69) is 5.32 Å². The number of hydrogen-bond donors (Lipinski definition) is 1. The lowest BCUT2D eigenvalue weighted by Crippen LogP contribution is -2.17. The quantitative estimate of drug-likeness (QED) is 0.865. The average molecular weight is 249 g/mol. The van der Waals surface area contributed by atoms with Crippen molar-refractivity contribution in [3.8, 4) is 0 Å². The standard InChI is InChI=1S/C10H13F2NO2S/c1-2-16(14,15)4-3-13-10-6-8(11)5-9(12)7-10/h5-7,13H,2-4H2,1H3. The summed E-state index contributed by atoms with van der Waals surface area (Å²) in [6.45, 7) is 1.69. The second kappa shape index (κ2) is 5.25. The molecule has 0 radical (unpaired) electrons. The average Bonchev–Trinajstić information content (AvgIpc) is 2.16. The fourth-order valence-corrected chi connectivity index (χ4v) is 1.85. The molecule has 0 heterocycles. The van der Waals surface area contributed by atoms with Crippen molar-refractivity contribution in [3.05, 3.63) is 29.8 Å². The summed E-state index contributed by atoms with van der Waals surface area (Å²) in [5, 5.41) is 2.66. The number of sulfone groups is 1. The third-order valence-corrected chi connectivity index (χ3v) is 3.75. The van der Waals surface area contributed by atoms with Crippen LogP contribution < -0.4 is 5.32 Å². The third kappa shape index (κ3) is 4.14. The normalized spacial score (nSPS) is 11.4. The van der Waals surface area contributed by atoms with Crippen LogP contribution in [0.3, 0.4) is 0 Å². The Hall–Kier alpha value is -1.17. The minimum absolute atomic E-state index is 0.0539. The minimum Gasteiger partial charge on any atom is -0.384 e. The lowest BCUT2D eigenvalue weighted by Gasteiger charge is -2.06. The zero-order valence-electron chi connectivity index (χ0n) is 8.83. The van der Waals surface area contributed by atoms with Crippen molar-refractivity contribution in [2.75, 3.05) is 23.4 Å². The first-order valence-corrected chi connectivity index (χ1v) is 6.65. The van der Waals surface area contributed by atoms with E-state index in [1.165, 1.54) is 0 Å². The molecule has 0 spiro atoms. The second-order valence-corrected chi connectivity index (χ2v) is 5.79. The number of halogens is 2. The molecule has 0 unspecified atom stereocenters. The van der Waals surface area contributed by atoms with Gasteiger partial charge in [0.2, 0.25) is 0 Å². The molecule has 0 bridgehead atoms. The van der Waals surface area contributed by atoms with Crippen molar-refractivity contribution < 1.29 is 17.2 Å². The SMILES string of the molecule is CCS(=O)(=O)CCNc1cc(F)cc(F)c1. The van der Waals surface area contributed by atoms with Gasteiger partial charge in [-0.05, 0) is 12.1 Å². The number of benzene rings is 1. The number of anilines is 1. The van der Waals surface area contributed by atoms with E-state index in [0.29, 0.717) is 0 Å². The summed E-state index contributed by atoms with van der Waals surface area (Å²) >= 11 is 0. The molecule has 0 saturated carbocycles. The van der Waals surface area contributed by atoms with Crippen LogP contribution in [0.4, 0.5) is 14.5 Å². The van der Waals surface area contributed by atoms with Gasteiger partial charge in [0.05, 0.1) is 5.75 Å². The van der Waals surface area contributed by atoms with E-state index in [4.69, 9.17) is 0 Å². The Morgan fingerprint density at radius 2 is 1.75 bits per heavy atom.